The zero-order chi connectivity index (χ0) is 23.9. The molecule has 0 atom stereocenters. The van der Waals surface area contributed by atoms with E-state index in [1.807, 2.05) is 26.2 Å². The molecule has 0 aromatic heterocycles. The van der Waals surface area contributed by atoms with Gasteiger partial charge in [0, 0.05) is 0 Å². The molecule has 1 N–H and O–H groups in total. The fourth-order valence-electron chi connectivity index (χ4n) is 3.61. The average Bonchev–Trinajstić information content (AvgIpc) is 3.20. The van der Waals surface area contributed by atoms with Crippen LogP contribution >= 0.6 is 0 Å². The molecule has 0 saturated carbocycles. The molecule has 3 rings (SSSR count). The fraction of sp³-hybridized carbons (Fsp3) is 0.333. The summed E-state index contributed by atoms with van der Waals surface area (Å²) >= 11 is -2.08. The van der Waals surface area contributed by atoms with Gasteiger partial charge in [0.2, 0.25) is 0 Å². The molecular formula is C30H44NTi. The maximum absolute atomic E-state index is 2.75. The van der Waals surface area contributed by atoms with Crippen LogP contribution in [-0.4, -0.2) is 14.1 Å². The number of allylic oxidation sites excluding steroid dienone is 8. The van der Waals surface area contributed by atoms with Gasteiger partial charge in [0.1, 0.15) is 0 Å². The molecular weight excluding hydrogens is 422 g/mol. The number of nitrogens with one attached hydrogen (secondary N) is 1. The summed E-state index contributed by atoms with van der Waals surface area (Å²) in [5.74, 6) is 0. The molecule has 0 spiro atoms. The maximum atomic E-state index is 2.75. The molecule has 1 nitrogen and oxygen atoms in total. The van der Waals surface area contributed by atoms with Crippen molar-refractivity contribution in [2.24, 2.45) is 0 Å². The van der Waals surface area contributed by atoms with Gasteiger partial charge in [-0.2, -0.15) is 0 Å². The average molecular weight is 467 g/mol. The number of rotatable bonds is 6. The van der Waals surface area contributed by atoms with Crippen molar-refractivity contribution in [2.45, 2.75) is 47.1 Å². The van der Waals surface area contributed by atoms with Gasteiger partial charge in [-0.1, -0.05) is 85.0 Å². The van der Waals surface area contributed by atoms with Crippen LogP contribution in [0.25, 0.3) is 0 Å². The van der Waals surface area contributed by atoms with Crippen molar-refractivity contribution in [2.75, 3.05) is 14.1 Å². The minimum atomic E-state index is -2.08. The molecule has 0 aliphatic heterocycles. The van der Waals surface area contributed by atoms with Gasteiger partial charge in [-0.05, 0) is 38.1 Å². The van der Waals surface area contributed by atoms with Gasteiger partial charge in [-0.25, -0.2) is 0 Å². The van der Waals surface area contributed by atoms with Crippen molar-refractivity contribution in [1.29, 1.82) is 0 Å². The van der Waals surface area contributed by atoms with Gasteiger partial charge in [0.15, 0.2) is 0 Å². The van der Waals surface area contributed by atoms with Crippen LogP contribution in [0.2, 0.25) is 20.9 Å². The first-order valence-corrected chi connectivity index (χ1v) is 18.8. The first-order chi connectivity index (χ1) is 15.1. The molecule has 1 aliphatic rings. The Labute approximate surface area is 198 Å². The Morgan fingerprint density at radius 2 is 1.16 bits per heavy atom. The van der Waals surface area contributed by atoms with Crippen LogP contribution in [0, 0.1) is 0 Å². The van der Waals surface area contributed by atoms with Crippen LogP contribution in [0.3, 0.4) is 0 Å². The zero-order valence-corrected chi connectivity index (χ0v) is 22.9. The van der Waals surface area contributed by atoms with E-state index in [-0.39, 0.29) is 0 Å². The van der Waals surface area contributed by atoms with E-state index in [2.05, 4.69) is 118 Å². The predicted molar refractivity (Wildman–Crippen MR) is 143 cm³/mol. The summed E-state index contributed by atoms with van der Waals surface area (Å²) < 4.78 is 1.77. The van der Waals surface area contributed by atoms with E-state index in [1.54, 1.807) is 3.88 Å². The fourth-order valence-corrected chi connectivity index (χ4v) is 7.66. The van der Waals surface area contributed by atoms with E-state index >= 15 is 0 Å². The molecule has 0 amide bonds. The molecule has 173 valence electrons. The van der Waals surface area contributed by atoms with Crippen molar-refractivity contribution < 1.29 is 15.3 Å². The van der Waals surface area contributed by atoms with Crippen molar-refractivity contribution >= 4 is 0 Å². The second-order valence-electron chi connectivity index (χ2n) is 10.5. The Bertz CT molecular complexity index is 835. The van der Waals surface area contributed by atoms with Gasteiger partial charge in [0.25, 0.3) is 0 Å². The molecule has 0 bridgehead atoms. The van der Waals surface area contributed by atoms with E-state index in [4.69, 9.17) is 0 Å². The summed E-state index contributed by atoms with van der Waals surface area (Å²) in [5.41, 5.74) is 4.24. The van der Waals surface area contributed by atoms with E-state index in [0.717, 1.165) is 12.8 Å². The SMILES string of the molecule is C(C=CCc1ccccc1)=CCc1ccccc1.CC1=[C]([Ti]([CH3])([CH3])([CH3])[CH3])CC=C1.CNC. The van der Waals surface area contributed by atoms with Crippen LogP contribution in [0.5, 0.6) is 0 Å². The molecule has 0 unspecified atom stereocenters. The van der Waals surface area contributed by atoms with E-state index in [0.29, 0.717) is 0 Å². The van der Waals surface area contributed by atoms with Gasteiger partial charge < -0.3 is 5.32 Å². The Balaban J connectivity index is 0.000000312. The van der Waals surface area contributed by atoms with Crippen LogP contribution in [0.15, 0.2) is 107 Å². The first-order valence-electron chi connectivity index (χ1n) is 11.7. The summed E-state index contributed by atoms with van der Waals surface area (Å²) in [5, 5.41) is 12.7. The second kappa shape index (κ2) is 14.3. The largest absolute Gasteiger partial charge is 0.323 e. The van der Waals surface area contributed by atoms with Gasteiger partial charge >= 0.3 is 71.2 Å². The second-order valence-corrected chi connectivity index (χ2v) is 23.9. The minimum absolute atomic E-state index is 0.997. The Kier molecular flexibility index (Phi) is 12.5. The van der Waals surface area contributed by atoms with Gasteiger partial charge in [-0.15, -0.1) is 0 Å². The molecule has 1 aliphatic carbocycles. The maximum Gasteiger partial charge on any atom is -0.0167 e. The zero-order valence-electron chi connectivity index (χ0n) is 21.4. The summed E-state index contributed by atoms with van der Waals surface area (Å²) in [6.45, 7) is 2.25. The summed E-state index contributed by atoms with van der Waals surface area (Å²) in [6.07, 6.45) is 16.4. The number of hydrogen-bond acceptors (Lipinski definition) is 1. The minimum Gasteiger partial charge on any atom is -0.323 e. The van der Waals surface area contributed by atoms with Crippen molar-refractivity contribution in [3.8, 4) is 0 Å². The summed E-state index contributed by atoms with van der Waals surface area (Å²) in [4.78, 5) is 0. The van der Waals surface area contributed by atoms with Crippen molar-refractivity contribution in [3.05, 3.63) is 118 Å². The third-order valence-corrected chi connectivity index (χ3v) is 9.85. The number of benzene rings is 2. The molecule has 2 aromatic rings. The third-order valence-electron chi connectivity index (χ3n) is 5.15. The molecule has 32 heavy (non-hydrogen) atoms. The Morgan fingerprint density at radius 1 is 0.750 bits per heavy atom. The van der Waals surface area contributed by atoms with Crippen molar-refractivity contribution in [3.63, 3.8) is 0 Å². The van der Waals surface area contributed by atoms with Crippen LogP contribution in [-0.2, 0) is 28.1 Å². The van der Waals surface area contributed by atoms with Crippen LogP contribution in [0.4, 0.5) is 0 Å². The van der Waals surface area contributed by atoms with E-state index < -0.39 is 15.3 Å². The molecule has 2 aromatic carbocycles. The van der Waals surface area contributed by atoms with Crippen molar-refractivity contribution in [1.82, 2.24) is 5.32 Å². The first kappa shape index (κ1) is 28.1. The monoisotopic (exact) mass is 466 g/mol. The van der Waals surface area contributed by atoms with Crippen LogP contribution < -0.4 is 5.32 Å². The Morgan fingerprint density at radius 3 is 1.44 bits per heavy atom. The summed E-state index contributed by atoms with van der Waals surface area (Å²) in [6, 6.07) is 21.0. The normalized spacial score (nSPS) is 14.5. The van der Waals surface area contributed by atoms with Gasteiger partial charge in [-0.3, -0.25) is 0 Å². The topological polar surface area (TPSA) is 12.0 Å². The predicted octanol–water partition coefficient (Wildman–Crippen LogP) is 8.52. The van der Waals surface area contributed by atoms with E-state index in [9.17, 15) is 0 Å². The molecule has 2 heteroatoms. The quantitative estimate of drug-likeness (QED) is 0.332. The smallest absolute Gasteiger partial charge is 0.0167 e. The van der Waals surface area contributed by atoms with Crippen LogP contribution in [0.1, 0.15) is 24.5 Å². The number of hydrogen-bond donors (Lipinski definition) is 1. The molecule has 0 saturated heterocycles. The standard InChI is InChI=1S/C18H18.C6H7.C2H7N.4CH3.Ti/c1(5-11-17-13-7-3-8-14-17)2-6-12-18-15-9-4-10-16-18;1-6-4-2-3-5-6;1-3-2;;;;;/h1-10,13-16H,11-12H2;2,4H,3H2,1H3;3H,1-2H3;4*1H3;. The molecule has 0 radical (unpaired) electrons. The molecule has 0 heterocycles. The molecule has 0 fully saturated rings. The third kappa shape index (κ3) is 12.2. The summed E-state index contributed by atoms with van der Waals surface area (Å²) in [7, 11) is 3.75. The van der Waals surface area contributed by atoms with E-state index in [1.165, 1.54) is 23.1 Å². The Hall–Kier alpha value is -1.93. The van der Waals surface area contributed by atoms with Gasteiger partial charge in [0.05, 0.1) is 0 Å².